The largest absolute Gasteiger partial charge is 0.547 e. The highest BCUT2D eigenvalue weighted by Crippen LogP contribution is 2.45. The summed E-state index contributed by atoms with van der Waals surface area (Å²) in [5.74, 6) is -0.889. The van der Waals surface area contributed by atoms with E-state index in [9.17, 15) is 9.59 Å². The third-order valence-electron chi connectivity index (χ3n) is 5.81. The fraction of sp³-hybridized carbons (Fsp3) is 0.810. The van der Waals surface area contributed by atoms with Gasteiger partial charge in [0.2, 0.25) is 8.32 Å². The van der Waals surface area contributed by atoms with E-state index in [1.54, 1.807) is 0 Å². The van der Waals surface area contributed by atoms with E-state index in [2.05, 4.69) is 39.9 Å². The number of rotatable bonds is 3. The second-order valence-electron chi connectivity index (χ2n) is 10.5. The van der Waals surface area contributed by atoms with Crippen LogP contribution < -0.4 is 0 Å². The number of cyclic esters (lactones) is 1. The topological polar surface area (TPSA) is 61.8 Å². The molecule has 4 atom stereocenters. The van der Waals surface area contributed by atoms with Gasteiger partial charge in [0.05, 0.1) is 23.7 Å². The van der Waals surface area contributed by atoms with Crippen LogP contribution in [-0.2, 0) is 23.5 Å². The van der Waals surface area contributed by atoms with E-state index < -0.39 is 25.8 Å². The first-order chi connectivity index (χ1) is 12.1. The summed E-state index contributed by atoms with van der Waals surface area (Å²) < 4.78 is 17.6. The van der Waals surface area contributed by atoms with Crippen LogP contribution in [0.2, 0.25) is 18.1 Å². The standard InChI is InChI=1S/C21H36O5Si/c1-13-10-14-11-15(26-27(8,9)21(5,6)7)12-16(17(14)19(23)24-13)18(22)25-20(2,3)4/h11,13-14,16-17H,10,12H2,1-9H3/t13-,14-,16-,17-/m1/s1. The number of carbonyl (C=O) groups excluding carboxylic acids is 2. The highest BCUT2D eigenvalue weighted by atomic mass is 28.4. The quantitative estimate of drug-likeness (QED) is 0.505. The van der Waals surface area contributed by atoms with Gasteiger partial charge in [0.15, 0.2) is 0 Å². The Labute approximate surface area is 165 Å². The van der Waals surface area contributed by atoms with E-state index in [4.69, 9.17) is 13.9 Å². The highest BCUT2D eigenvalue weighted by molar-refractivity contribution is 6.74. The number of allylic oxidation sites excluding steroid dienone is 2. The molecule has 0 aromatic carbocycles. The molecule has 1 heterocycles. The van der Waals surface area contributed by atoms with Crippen molar-refractivity contribution in [2.75, 3.05) is 0 Å². The smallest absolute Gasteiger partial charge is 0.310 e. The molecule has 0 N–H and O–H groups in total. The lowest BCUT2D eigenvalue weighted by molar-refractivity contribution is -0.178. The predicted octanol–water partition coefficient (Wildman–Crippen LogP) is 4.82. The van der Waals surface area contributed by atoms with Gasteiger partial charge in [-0.2, -0.15) is 0 Å². The van der Waals surface area contributed by atoms with E-state index in [0.29, 0.717) is 12.8 Å². The molecule has 0 radical (unpaired) electrons. The number of ether oxygens (including phenoxy) is 2. The summed E-state index contributed by atoms with van der Waals surface area (Å²) in [6, 6.07) is 0. The Balaban J connectivity index is 2.34. The van der Waals surface area contributed by atoms with Crippen molar-refractivity contribution in [2.45, 2.75) is 91.1 Å². The zero-order valence-corrected chi connectivity index (χ0v) is 19.3. The van der Waals surface area contributed by atoms with Gasteiger partial charge in [-0.05, 0) is 64.2 Å². The Morgan fingerprint density at radius 1 is 1.19 bits per heavy atom. The molecule has 0 aromatic rings. The van der Waals surface area contributed by atoms with Crippen LogP contribution in [0.25, 0.3) is 0 Å². The number of esters is 2. The van der Waals surface area contributed by atoms with E-state index in [1.807, 2.05) is 27.7 Å². The molecule has 0 unspecified atom stereocenters. The SMILES string of the molecule is C[C@@H]1C[C@@H]2C=C(O[Si](C)(C)C(C)(C)C)C[C@@H](C(=O)OC(C)(C)C)[C@@H]2C(=O)O1. The summed E-state index contributed by atoms with van der Waals surface area (Å²) in [5, 5.41) is 0.0604. The molecule has 5 nitrogen and oxygen atoms in total. The van der Waals surface area contributed by atoms with Gasteiger partial charge in [-0.25, -0.2) is 0 Å². The van der Waals surface area contributed by atoms with Gasteiger partial charge in [-0.3, -0.25) is 9.59 Å². The fourth-order valence-electron chi connectivity index (χ4n) is 3.48. The summed E-state index contributed by atoms with van der Waals surface area (Å²) in [7, 11) is -2.03. The van der Waals surface area contributed by atoms with E-state index in [-0.39, 0.29) is 29.0 Å². The first kappa shape index (κ1) is 22.0. The molecule has 1 saturated heterocycles. The van der Waals surface area contributed by atoms with E-state index in [0.717, 1.165) is 5.76 Å². The first-order valence-corrected chi connectivity index (χ1v) is 12.8. The van der Waals surface area contributed by atoms with Crippen LogP contribution in [0, 0.1) is 17.8 Å². The second kappa shape index (κ2) is 7.26. The Hall–Kier alpha value is -1.30. The predicted molar refractivity (Wildman–Crippen MR) is 107 cm³/mol. The average molecular weight is 397 g/mol. The molecular formula is C21H36O5Si. The van der Waals surface area contributed by atoms with Gasteiger partial charge >= 0.3 is 11.9 Å². The Bertz CT molecular complexity index is 623. The van der Waals surface area contributed by atoms with Crippen LogP contribution in [0.1, 0.15) is 61.3 Å². The van der Waals surface area contributed by atoms with E-state index >= 15 is 0 Å². The van der Waals surface area contributed by atoms with Gasteiger partial charge in [0.1, 0.15) is 5.60 Å². The number of carbonyl (C=O) groups is 2. The van der Waals surface area contributed by atoms with Crippen molar-refractivity contribution in [3.8, 4) is 0 Å². The van der Waals surface area contributed by atoms with Crippen LogP contribution in [0.5, 0.6) is 0 Å². The molecule has 27 heavy (non-hydrogen) atoms. The molecule has 0 aromatic heterocycles. The van der Waals surface area contributed by atoms with Gasteiger partial charge in [0, 0.05) is 6.42 Å². The third-order valence-corrected chi connectivity index (χ3v) is 10.2. The van der Waals surface area contributed by atoms with Crippen molar-refractivity contribution in [1.82, 2.24) is 0 Å². The lowest BCUT2D eigenvalue weighted by Gasteiger charge is -2.43. The fourth-order valence-corrected chi connectivity index (χ4v) is 4.59. The van der Waals surface area contributed by atoms with Gasteiger partial charge in [-0.1, -0.05) is 20.8 Å². The third kappa shape index (κ3) is 5.15. The van der Waals surface area contributed by atoms with E-state index in [1.165, 1.54) is 0 Å². The van der Waals surface area contributed by atoms with Crippen LogP contribution in [0.15, 0.2) is 11.8 Å². The van der Waals surface area contributed by atoms with Crippen molar-refractivity contribution in [3.63, 3.8) is 0 Å². The average Bonchev–Trinajstić information content (AvgIpc) is 2.42. The van der Waals surface area contributed by atoms with Crippen molar-refractivity contribution < 1.29 is 23.5 Å². The molecule has 2 rings (SSSR count). The molecule has 0 spiro atoms. The van der Waals surface area contributed by atoms with Crippen LogP contribution >= 0.6 is 0 Å². The molecule has 2 aliphatic rings. The number of fused-ring (bicyclic) bond motifs is 1. The molecule has 0 bridgehead atoms. The Morgan fingerprint density at radius 2 is 1.78 bits per heavy atom. The minimum absolute atomic E-state index is 0.0488. The van der Waals surface area contributed by atoms with Crippen LogP contribution in [0.4, 0.5) is 0 Å². The lowest BCUT2D eigenvalue weighted by Crippen LogP contribution is -2.48. The second-order valence-corrected chi connectivity index (χ2v) is 15.2. The van der Waals surface area contributed by atoms with Crippen molar-refractivity contribution >= 4 is 20.3 Å². The highest BCUT2D eigenvalue weighted by Gasteiger charge is 2.49. The lowest BCUT2D eigenvalue weighted by atomic mass is 9.71. The maximum absolute atomic E-state index is 12.9. The van der Waals surface area contributed by atoms with Crippen molar-refractivity contribution in [3.05, 3.63) is 11.8 Å². The molecule has 0 saturated carbocycles. The molecule has 1 aliphatic carbocycles. The van der Waals surface area contributed by atoms with Gasteiger partial charge in [-0.15, -0.1) is 0 Å². The van der Waals surface area contributed by atoms with Gasteiger partial charge in [0.25, 0.3) is 0 Å². The Kier molecular flexibility index (Phi) is 5.92. The molecule has 6 heteroatoms. The number of hydrogen-bond acceptors (Lipinski definition) is 5. The summed E-state index contributed by atoms with van der Waals surface area (Å²) >= 11 is 0. The van der Waals surface area contributed by atoms with Crippen molar-refractivity contribution in [2.24, 2.45) is 17.8 Å². The van der Waals surface area contributed by atoms with Crippen LogP contribution in [-0.4, -0.2) is 32.0 Å². The normalized spacial score (nSPS) is 29.4. The zero-order valence-electron chi connectivity index (χ0n) is 18.3. The molecular weight excluding hydrogens is 360 g/mol. The van der Waals surface area contributed by atoms with Crippen molar-refractivity contribution in [1.29, 1.82) is 0 Å². The first-order valence-electron chi connectivity index (χ1n) is 9.94. The van der Waals surface area contributed by atoms with Gasteiger partial charge < -0.3 is 13.9 Å². The summed E-state index contributed by atoms with van der Waals surface area (Å²) in [5.41, 5.74) is -0.597. The minimum atomic E-state index is -2.03. The van der Waals surface area contributed by atoms with Crippen LogP contribution in [0.3, 0.4) is 0 Å². The minimum Gasteiger partial charge on any atom is -0.547 e. The molecule has 0 amide bonds. The number of hydrogen-bond donors (Lipinski definition) is 0. The Morgan fingerprint density at radius 3 is 2.30 bits per heavy atom. The monoisotopic (exact) mass is 396 g/mol. The maximum Gasteiger partial charge on any atom is 0.310 e. The zero-order chi connectivity index (χ0) is 20.8. The molecule has 1 aliphatic heterocycles. The summed E-state index contributed by atoms with van der Waals surface area (Å²) in [6.45, 7) is 18.4. The molecule has 154 valence electrons. The molecule has 1 fully saturated rings. The summed E-state index contributed by atoms with van der Waals surface area (Å²) in [6.07, 6.45) is 3.02. The maximum atomic E-state index is 12.9. The summed E-state index contributed by atoms with van der Waals surface area (Å²) in [4.78, 5) is 25.5.